The fraction of sp³-hybridized carbons (Fsp3) is 0.286. The predicted molar refractivity (Wildman–Crippen MR) is 104 cm³/mol. The van der Waals surface area contributed by atoms with Crippen molar-refractivity contribution in [2.75, 3.05) is 5.01 Å². The van der Waals surface area contributed by atoms with Crippen LogP contribution in [0, 0.1) is 5.82 Å². The number of amides is 2. The van der Waals surface area contributed by atoms with E-state index in [1.54, 1.807) is 0 Å². The van der Waals surface area contributed by atoms with E-state index in [1.807, 2.05) is 18.2 Å². The lowest BCUT2D eigenvalue weighted by Crippen LogP contribution is -2.40. The first-order valence-electron chi connectivity index (χ1n) is 9.33. The predicted octanol–water partition coefficient (Wildman–Crippen LogP) is 2.44. The summed E-state index contributed by atoms with van der Waals surface area (Å²) in [7, 11) is 0. The van der Waals surface area contributed by atoms with E-state index in [1.165, 1.54) is 34.8 Å². The number of fused-ring (bicyclic) bond motifs is 1. The van der Waals surface area contributed by atoms with Crippen molar-refractivity contribution in [2.45, 2.75) is 37.8 Å². The number of hydrogen-bond acceptors (Lipinski definition) is 4. The summed E-state index contributed by atoms with van der Waals surface area (Å²) < 4.78 is 13.2. The second-order valence-corrected chi connectivity index (χ2v) is 7.11. The number of nitrogens with zero attached hydrogens (tertiary/aromatic N) is 2. The molecular formula is C21H21FN4O2. The maximum absolute atomic E-state index is 13.2. The Morgan fingerprint density at radius 3 is 2.64 bits per heavy atom. The number of anilines is 1. The standard InChI is InChI=1S/C21H21FN4O2/c22-14-8-10-15(11-9-14)26-19(20(23)27)12-18(25-26)21(28)24-17-7-3-5-13-4-1-2-6-16(13)17/h1-2,4,6,8-11,17,19H,3,5,7,12H2,(H2,23,27)(H,24,28). The minimum atomic E-state index is -0.773. The van der Waals surface area contributed by atoms with Gasteiger partial charge in [-0.15, -0.1) is 0 Å². The number of nitrogens with one attached hydrogen (secondary N) is 1. The molecule has 28 heavy (non-hydrogen) atoms. The summed E-state index contributed by atoms with van der Waals surface area (Å²) >= 11 is 0. The minimum absolute atomic E-state index is 0.0768. The van der Waals surface area contributed by atoms with Gasteiger partial charge in [0.15, 0.2) is 0 Å². The van der Waals surface area contributed by atoms with Crippen LogP contribution in [0.25, 0.3) is 0 Å². The summed E-state index contributed by atoms with van der Waals surface area (Å²) in [6, 6.07) is 12.8. The van der Waals surface area contributed by atoms with Crippen LogP contribution >= 0.6 is 0 Å². The van der Waals surface area contributed by atoms with Gasteiger partial charge in [0.2, 0.25) is 5.91 Å². The minimum Gasteiger partial charge on any atom is -0.368 e. The zero-order valence-corrected chi connectivity index (χ0v) is 15.3. The highest BCUT2D eigenvalue weighted by Crippen LogP contribution is 2.30. The van der Waals surface area contributed by atoms with Gasteiger partial charge in [-0.1, -0.05) is 24.3 Å². The van der Waals surface area contributed by atoms with Gasteiger partial charge in [-0.3, -0.25) is 14.6 Å². The molecule has 144 valence electrons. The molecule has 7 heteroatoms. The van der Waals surface area contributed by atoms with E-state index in [4.69, 9.17) is 5.73 Å². The number of rotatable bonds is 4. The highest BCUT2D eigenvalue weighted by molar-refractivity contribution is 6.40. The molecule has 0 saturated heterocycles. The molecule has 2 aromatic carbocycles. The molecule has 0 aromatic heterocycles. The molecule has 1 aliphatic carbocycles. The highest BCUT2D eigenvalue weighted by atomic mass is 19.1. The molecule has 0 fully saturated rings. The summed E-state index contributed by atoms with van der Waals surface area (Å²) in [5.74, 6) is -1.28. The van der Waals surface area contributed by atoms with E-state index in [0.29, 0.717) is 5.69 Å². The van der Waals surface area contributed by atoms with Crippen LogP contribution in [-0.2, 0) is 16.0 Å². The molecule has 6 nitrogen and oxygen atoms in total. The van der Waals surface area contributed by atoms with E-state index in [9.17, 15) is 14.0 Å². The van der Waals surface area contributed by atoms with Crippen LogP contribution in [0.5, 0.6) is 0 Å². The molecule has 4 rings (SSSR count). The second-order valence-electron chi connectivity index (χ2n) is 7.11. The topological polar surface area (TPSA) is 87.8 Å². The molecule has 2 unspecified atom stereocenters. The number of hydrogen-bond donors (Lipinski definition) is 2. The summed E-state index contributed by atoms with van der Waals surface area (Å²) in [6.07, 6.45) is 2.98. The maximum atomic E-state index is 13.2. The normalized spacial score (nSPS) is 21.0. The van der Waals surface area contributed by atoms with Gasteiger partial charge in [0, 0.05) is 6.42 Å². The smallest absolute Gasteiger partial charge is 0.268 e. The Hall–Kier alpha value is -3.22. The zero-order chi connectivity index (χ0) is 19.7. The van der Waals surface area contributed by atoms with E-state index in [-0.39, 0.29) is 24.1 Å². The first-order chi connectivity index (χ1) is 13.5. The van der Waals surface area contributed by atoms with Crippen LogP contribution < -0.4 is 16.1 Å². The summed E-state index contributed by atoms with van der Waals surface area (Å²) in [6.45, 7) is 0. The van der Waals surface area contributed by atoms with Gasteiger partial charge >= 0.3 is 0 Å². The fourth-order valence-corrected chi connectivity index (χ4v) is 3.85. The van der Waals surface area contributed by atoms with Crippen LogP contribution in [0.1, 0.15) is 36.4 Å². The number of benzene rings is 2. The van der Waals surface area contributed by atoms with Crippen LogP contribution in [0.2, 0.25) is 0 Å². The molecule has 2 atom stereocenters. The van der Waals surface area contributed by atoms with Crippen LogP contribution in [0.15, 0.2) is 53.6 Å². The van der Waals surface area contributed by atoms with Gasteiger partial charge in [0.1, 0.15) is 17.6 Å². The molecule has 1 aliphatic heterocycles. The van der Waals surface area contributed by atoms with E-state index >= 15 is 0 Å². The van der Waals surface area contributed by atoms with Crippen molar-refractivity contribution in [3.05, 3.63) is 65.5 Å². The van der Waals surface area contributed by atoms with Gasteiger partial charge in [0.05, 0.1) is 11.7 Å². The molecule has 3 N–H and O–H groups in total. The Bertz CT molecular complexity index is 942. The van der Waals surface area contributed by atoms with Crippen LogP contribution in [0.3, 0.4) is 0 Å². The number of aryl methyl sites for hydroxylation is 1. The lowest BCUT2D eigenvalue weighted by Gasteiger charge is -2.26. The fourth-order valence-electron chi connectivity index (χ4n) is 3.85. The third kappa shape index (κ3) is 3.47. The molecule has 2 amide bonds. The van der Waals surface area contributed by atoms with E-state index in [0.717, 1.165) is 24.8 Å². The molecular weight excluding hydrogens is 359 g/mol. The molecule has 0 radical (unpaired) electrons. The van der Waals surface area contributed by atoms with Crippen molar-refractivity contribution in [3.8, 4) is 0 Å². The van der Waals surface area contributed by atoms with E-state index < -0.39 is 17.8 Å². The Labute approximate surface area is 162 Å². The van der Waals surface area contributed by atoms with Crippen molar-refractivity contribution in [1.29, 1.82) is 0 Å². The SMILES string of the molecule is NC(=O)C1CC(C(=O)NC2CCCc3ccccc32)=NN1c1ccc(F)cc1. The Kier molecular flexibility index (Phi) is 4.81. The van der Waals surface area contributed by atoms with Gasteiger partial charge in [-0.2, -0.15) is 5.10 Å². The number of hydrazone groups is 1. The molecule has 0 bridgehead atoms. The Balaban J connectivity index is 1.55. The van der Waals surface area contributed by atoms with Crippen LogP contribution in [-0.4, -0.2) is 23.6 Å². The van der Waals surface area contributed by atoms with Crippen molar-refractivity contribution in [2.24, 2.45) is 10.8 Å². The number of primary amides is 1. The largest absolute Gasteiger partial charge is 0.368 e. The molecule has 1 heterocycles. The lowest BCUT2D eigenvalue weighted by atomic mass is 9.87. The number of carbonyl (C=O) groups is 2. The number of carbonyl (C=O) groups excluding carboxylic acids is 2. The quantitative estimate of drug-likeness (QED) is 0.854. The molecule has 0 spiro atoms. The second kappa shape index (κ2) is 7.42. The third-order valence-corrected chi connectivity index (χ3v) is 5.27. The third-order valence-electron chi connectivity index (χ3n) is 5.27. The zero-order valence-electron chi connectivity index (χ0n) is 15.3. The number of nitrogens with two attached hydrogens (primary N) is 1. The molecule has 2 aromatic rings. The lowest BCUT2D eigenvalue weighted by molar-refractivity contribution is -0.119. The maximum Gasteiger partial charge on any atom is 0.268 e. The van der Waals surface area contributed by atoms with E-state index in [2.05, 4.69) is 16.5 Å². The van der Waals surface area contributed by atoms with Gasteiger partial charge in [0.25, 0.3) is 5.91 Å². The first kappa shape index (κ1) is 18.2. The average molecular weight is 380 g/mol. The first-order valence-corrected chi connectivity index (χ1v) is 9.33. The van der Waals surface area contributed by atoms with Crippen molar-refractivity contribution >= 4 is 23.2 Å². The van der Waals surface area contributed by atoms with Crippen molar-refractivity contribution in [1.82, 2.24) is 5.32 Å². The van der Waals surface area contributed by atoms with Gasteiger partial charge in [-0.25, -0.2) is 4.39 Å². The number of halogens is 1. The van der Waals surface area contributed by atoms with Gasteiger partial charge in [-0.05, 0) is 54.7 Å². The van der Waals surface area contributed by atoms with Crippen molar-refractivity contribution < 1.29 is 14.0 Å². The molecule has 0 saturated carbocycles. The monoisotopic (exact) mass is 380 g/mol. The summed E-state index contributed by atoms with van der Waals surface area (Å²) in [4.78, 5) is 24.7. The van der Waals surface area contributed by atoms with Gasteiger partial charge < -0.3 is 11.1 Å². The Morgan fingerprint density at radius 1 is 1.14 bits per heavy atom. The van der Waals surface area contributed by atoms with Crippen LogP contribution in [0.4, 0.5) is 10.1 Å². The van der Waals surface area contributed by atoms with Crippen molar-refractivity contribution in [3.63, 3.8) is 0 Å². The summed E-state index contributed by atoms with van der Waals surface area (Å²) in [5.41, 5.74) is 8.64. The molecule has 2 aliphatic rings. The average Bonchev–Trinajstić information content (AvgIpc) is 3.15. The summed E-state index contributed by atoms with van der Waals surface area (Å²) in [5, 5.41) is 8.77. The highest BCUT2D eigenvalue weighted by Gasteiger charge is 2.36. The Morgan fingerprint density at radius 2 is 1.89 bits per heavy atom.